The molecule has 9 aromatic rings. The zero-order valence-corrected chi connectivity index (χ0v) is 26.6. The van der Waals surface area contributed by atoms with E-state index >= 15 is 0 Å². The summed E-state index contributed by atoms with van der Waals surface area (Å²) in [7, 11) is 0. The number of hydrogen-bond acceptors (Lipinski definition) is 1. The summed E-state index contributed by atoms with van der Waals surface area (Å²) >= 11 is 1.90. The van der Waals surface area contributed by atoms with Gasteiger partial charge in [0.25, 0.3) is 0 Å². The topological polar surface area (TPSA) is 0 Å². The Labute approximate surface area is 272 Å². The Hall–Kier alpha value is -5.24. The number of benzene rings is 8. The molecule has 0 unspecified atom stereocenters. The summed E-state index contributed by atoms with van der Waals surface area (Å²) in [5, 5.41) is 10.8. The summed E-state index contributed by atoms with van der Waals surface area (Å²) in [6.45, 7) is 4.82. The Morgan fingerprint density at radius 1 is 0.413 bits per heavy atom. The molecule has 1 heteroatoms. The quantitative estimate of drug-likeness (QED) is 0.173. The van der Waals surface area contributed by atoms with Crippen LogP contribution in [0.2, 0.25) is 0 Å². The van der Waals surface area contributed by atoms with Gasteiger partial charge in [-0.2, -0.15) is 0 Å². The Balaban J connectivity index is 1.17. The molecular weight excluding hydrogens is 573 g/mol. The van der Waals surface area contributed by atoms with E-state index in [0.717, 1.165) is 0 Å². The molecule has 0 bridgehead atoms. The number of hydrogen-bond donors (Lipinski definition) is 0. The Morgan fingerprint density at radius 2 is 1.02 bits per heavy atom. The highest BCUT2D eigenvalue weighted by Gasteiger charge is 2.37. The molecule has 0 aliphatic heterocycles. The van der Waals surface area contributed by atoms with E-state index in [1.165, 1.54) is 97.0 Å². The minimum Gasteiger partial charge on any atom is -0.135 e. The molecule has 46 heavy (non-hydrogen) atoms. The molecule has 1 aliphatic rings. The van der Waals surface area contributed by atoms with Crippen LogP contribution in [-0.2, 0) is 5.41 Å². The van der Waals surface area contributed by atoms with Gasteiger partial charge in [-0.1, -0.05) is 141 Å². The van der Waals surface area contributed by atoms with Crippen molar-refractivity contribution in [2.45, 2.75) is 19.3 Å². The van der Waals surface area contributed by atoms with E-state index in [1.807, 2.05) is 11.3 Å². The van der Waals surface area contributed by atoms with Crippen molar-refractivity contribution in [2.24, 2.45) is 0 Å². The molecule has 0 amide bonds. The van der Waals surface area contributed by atoms with E-state index in [9.17, 15) is 0 Å². The minimum atomic E-state index is -0.118. The largest absolute Gasteiger partial charge is 0.135 e. The van der Waals surface area contributed by atoms with Gasteiger partial charge in [-0.25, -0.2) is 0 Å². The van der Waals surface area contributed by atoms with Gasteiger partial charge in [0, 0.05) is 25.6 Å². The van der Waals surface area contributed by atoms with Gasteiger partial charge < -0.3 is 0 Å². The van der Waals surface area contributed by atoms with Crippen LogP contribution < -0.4 is 0 Å². The van der Waals surface area contributed by atoms with E-state index in [2.05, 4.69) is 159 Å². The summed E-state index contributed by atoms with van der Waals surface area (Å²) < 4.78 is 2.70. The molecule has 216 valence electrons. The van der Waals surface area contributed by atoms with Crippen molar-refractivity contribution in [3.8, 4) is 33.4 Å². The average Bonchev–Trinajstić information content (AvgIpc) is 3.60. The van der Waals surface area contributed by atoms with Crippen LogP contribution in [-0.4, -0.2) is 0 Å². The highest BCUT2D eigenvalue weighted by atomic mass is 32.1. The fourth-order valence-corrected chi connectivity index (χ4v) is 9.57. The first kappa shape index (κ1) is 26.0. The Kier molecular flexibility index (Phi) is 5.31. The normalized spacial score (nSPS) is 13.6. The third kappa shape index (κ3) is 3.49. The zero-order valence-electron chi connectivity index (χ0n) is 25.8. The van der Waals surface area contributed by atoms with Gasteiger partial charge in [0.05, 0.1) is 0 Å². The highest BCUT2D eigenvalue weighted by molar-refractivity contribution is 7.26. The maximum Gasteiger partial charge on any atom is 0.0433 e. The predicted octanol–water partition coefficient (Wildman–Crippen LogP) is 13.2. The highest BCUT2D eigenvalue weighted by Crippen LogP contribution is 2.54. The fourth-order valence-electron chi connectivity index (χ4n) is 8.34. The summed E-state index contributed by atoms with van der Waals surface area (Å²) in [5.74, 6) is 0. The van der Waals surface area contributed by atoms with Crippen LogP contribution >= 0.6 is 11.3 Å². The fraction of sp³-hybridized carbons (Fsp3) is 0.0667. The van der Waals surface area contributed by atoms with E-state index in [-0.39, 0.29) is 5.41 Å². The monoisotopic (exact) mass is 602 g/mol. The molecule has 0 N–H and O–H groups in total. The van der Waals surface area contributed by atoms with Crippen LogP contribution in [0.15, 0.2) is 146 Å². The van der Waals surface area contributed by atoms with E-state index in [0.29, 0.717) is 0 Å². The molecular formula is C45H30S. The second kappa shape index (κ2) is 9.39. The first-order chi connectivity index (χ1) is 22.6. The maximum absolute atomic E-state index is 2.44. The van der Waals surface area contributed by atoms with Crippen molar-refractivity contribution in [1.29, 1.82) is 0 Å². The molecule has 0 saturated heterocycles. The van der Waals surface area contributed by atoms with Crippen molar-refractivity contribution in [2.75, 3.05) is 0 Å². The molecule has 0 spiro atoms. The lowest BCUT2D eigenvalue weighted by Gasteiger charge is -2.24. The third-order valence-electron chi connectivity index (χ3n) is 10.4. The first-order valence-electron chi connectivity index (χ1n) is 16.1. The lowest BCUT2D eigenvalue weighted by Crippen LogP contribution is -2.15. The summed E-state index contributed by atoms with van der Waals surface area (Å²) in [6.07, 6.45) is 0. The van der Waals surface area contributed by atoms with Crippen molar-refractivity contribution < 1.29 is 0 Å². The predicted molar refractivity (Wildman–Crippen MR) is 200 cm³/mol. The second-order valence-electron chi connectivity index (χ2n) is 13.2. The average molecular weight is 603 g/mol. The van der Waals surface area contributed by atoms with Crippen LogP contribution in [0.4, 0.5) is 0 Å². The van der Waals surface area contributed by atoms with Crippen molar-refractivity contribution in [1.82, 2.24) is 0 Å². The lowest BCUT2D eigenvalue weighted by atomic mass is 9.78. The molecule has 10 rings (SSSR count). The van der Waals surface area contributed by atoms with Gasteiger partial charge in [-0.15, -0.1) is 11.3 Å². The van der Waals surface area contributed by atoms with Crippen molar-refractivity contribution in [3.05, 3.63) is 157 Å². The number of fused-ring (bicyclic) bond motifs is 13. The standard InChI is InChI=1S/C45H30S/c1-45(2)40-24-21-28(27-11-9-12-29(25-27)30-18-10-19-38-34-16-7-8-20-41(34)46-44(30)38)26-39(40)37-23-22-36-33-15-4-3-13-31(33)32-14-5-6-17-35(32)42(36)43(37)45/h3-26H,1-2H3. The van der Waals surface area contributed by atoms with Gasteiger partial charge in [0.1, 0.15) is 0 Å². The van der Waals surface area contributed by atoms with Gasteiger partial charge >= 0.3 is 0 Å². The Morgan fingerprint density at radius 3 is 1.83 bits per heavy atom. The molecule has 1 heterocycles. The minimum absolute atomic E-state index is 0.118. The van der Waals surface area contributed by atoms with Crippen LogP contribution in [0.3, 0.4) is 0 Å². The zero-order chi connectivity index (χ0) is 30.6. The first-order valence-corrected chi connectivity index (χ1v) is 16.9. The lowest BCUT2D eigenvalue weighted by molar-refractivity contribution is 0.667. The smallest absolute Gasteiger partial charge is 0.0433 e. The van der Waals surface area contributed by atoms with E-state index in [4.69, 9.17) is 0 Å². The molecule has 1 aromatic heterocycles. The second-order valence-corrected chi connectivity index (χ2v) is 14.3. The number of thiophene rings is 1. The summed E-state index contributed by atoms with van der Waals surface area (Å²) in [6, 6.07) is 54.4. The molecule has 0 nitrogen and oxygen atoms in total. The molecule has 0 saturated carbocycles. The summed E-state index contributed by atoms with van der Waals surface area (Å²) in [4.78, 5) is 0. The van der Waals surface area contributed by atoms with Crippen LogP contribution in [0, 0.1) is 0 Å². The molecule has 0 fully saturated rings. The van der Waals surface area contributed by atoms with Crippen LogP contribution in [0.1, 0.15) is 25.0 Å². The van der Waals surface area contributed by atoms with Crippen LogP contribution in [0.25, 0.3) is 85.9 Å². The van der Waals surface area contributed by atoms with E-state index in [1.54, 1.807) is 0 Å². The SMILES string of the molecule is CC1(C)c2ccc(-c3cccc(-c4cccc5c4sc4ccccc45)c3)cc2-c2ccc3c4ccccc4c4ccccc4c3c21. The summed E-state index contributed by atoms with van der Waals surface area (Å²) in [5.41, 5.74) is 10.5. The van der Waals surface area contributed by atoms with Gasteiger partial charge in [-0.05, 0) is 95.0 Å². The molecule has 0 radical (unpaired) electrons. The van der Waals surface area contributed by atoms with Crippen LogP contribution in [0.5, 0.6) is 0 Å². The molecule has 8 aromatic carbocycles. The molecule has 0 atom stereocenters. The van der Waals surface area contributed by atoms with Crippen molar-refractivity contribution >= 4 is 63.8 Å². The van der Waals surface area contributed by atoms with Gasteiger partial charge in [-0.3, -0.25) is 0 Å². The third-order valence-corrected chi connectivity index (χ3v) is 11.6. The number of rotatable bonds is 2. The van der Waals surface area contributed by atoms with Gasteiger partial charge in [0.2, 0.25) is 0 Å². The molecule has 1 aliphatic carbocycles. The Bertz CT molecular complexity index is 2690. The maximum atomic E-state index is 2.44. The van der Waals surface area contributed by atoms with Crippen molar-refractivity contribution in [3.63, 3.8) is 0 Å². The van der Waals surface area contributed by atoms with Gasteiger partial charge in [0.15, 0.2) is 0 Å². The van der Waals surface area contributed by atoms with E-state index < -0.39 is 0 Å².